The average molecular weight is 1870 g/mol. The first-order valence-corrected chi connectivity index (χ1v) is 37.2. The van der Waals surface area contributed by atoms with Crippen LogP contribution in [0, 0.1) is 0 Å². The Hall–Kier alpha value is -19.2. The molecular formula is C82H54O52. The maximum Gasteiger partial charge on any atom is 0.344 e. The molecule has 694 valence electrons. The largest absolute Gasteiger partial charge is 0.504 e. The number of aromatic hydroxyl groups is 29. The summed E-state index contributed by atoms with van der Waals surface area (Å²) in [5.74, 6) is -68.5. The van der Waals surface area contributed by atoms with Crippen molar-refractivity contribution >= 4 is 59.7 Å². The molecule has 0 aromatic heterocycles. The number of carbonyl (C=O) groups is 10. The summed E-state index contributed by atoms with van der Waals surface area (Å²) in [6, 6.07) is 2.87. The Balaban J connectivity index is 0.804. The molecule has 4 unspecified atom stereocenters. The molecule has 0 amide bonds. The fourth-order valence-corrected chi connectivity index (χ4v) is 15.2. The van der Waals surface area contributed by atoms with Crippen LogP contribution < -0.4 is 4.74 Å². The first-order valence-electron chi connectivity index (χ1n) is 37.2. The second-order valence-electron chi connectivity index (χ2n) is 29.4. The van der Waals surface area contributed by atoms with Gasteiger partial charge in [-0.2, -0.15) is 0 Å². The third-order valence-corrected chi connectivity index (χ3v) is 21.6. The summed E-state index contributed by atoms with van der Waals surface area (Å²) >= 11 is 0. The smallest absolute Gasteiger partial charge is 0.344 e. The molecule has 52 heteroatoms. The number of esters is 10. The topological polar surface area (TPSA) is 877 Å². The zero-order chi connectivity index (χ0) is 97.2. The Morgan fingerprint density at radius 1 is 0.239 bits per heavy atom. The number of hydrogen-bond donors (Lipinski definition) is 29. The van der Waals surface area contributed by atoms with Crippen LogP contribution in [-0.2, 0) is 56.8 Å². The number of fused-ring (bicyclic) bond motifs is 18. The maximum absolute atomic E-state index is 15.4. The normalized spacial score (nSPS) is 20.1. The van der Waals surface area contributed by atoms with E-state index in [1.54, 1.807) is 0 Å². The molecule has 0 saturated carbocycles. The molecule has 6 aliphatic rings. The second-order valence-corrected chi connectivity index (χ2v) is 29.4. The van der Waals surface area contributed by atoms with Gasteiger partial charge in [0.2, 0.25) is 88.0 Å². The van der Waals surface area contributed by atoms with Crippen LogP contribution in [0.3, 0.4) is 0 Å². The minimum atomic E-state index is -3.08. The van der Waals surface area contributed by atoms with E-state index in [9.17, 15) is 158 Å². The quantitative estimate of drug-likeness (QED) is 0.0641. The molecule has 0 bridgehead atoms. The first kappa shape index (κ1) is 88.3. The Kier molecular flexibility index (Phi) is 20.9. The van der Waals surface area contributed by atoms with Gasteiger partial charge in [-0.3, -0.25) is 0 Å². The maximum atomic E-state index is 15.4. The Morgan fingerprint density at radius 2 is 0.463 bits per heavy atom. The van der Waals surface area contributed by atoms with Gasteiger partial charge in [0.05, 0.1) is 50.1 Å². The second kappa shape index (κ2) is 31.7. The number of phenolic OH excluding ortho intramolecular Hbond substituents is 29. The summed E-state index contributed by atoms with van der Waals surface area (Å²) in [6.45, 7) is -3.12. The van der Waals surface area contributed by atoms with Crippen LogP contribution in [0.5, 0.6) is 178 Å². The van der Waals surface area contributed by atoms with Crippen molar-refractivity contribution in [3.63, 3.8) is 0 Å². The van der Waals surface area contributed by atoms with E-state index < -0.39 is 413 Å². The highest BCUT2D eigenvalue weighted by Gasteiger charge is 2.59. The summed E-state index contributed by atoms with van der Waals surface area (Å²) in [7, 11) is 0. The first-order chi connectivity index (χ1) is 63.1. The number of cyclic esters (lactones) is 2. The molecule has 10 aromatic carbocycles. The molecule has 29 N–H and O–H groups in total. The lowest BCUT2D eigenvalue weighted by atomic mass is 9.91. The molecule has 2 fully saturated rings. The Morgan fingerprint density at radius 3 is 0.739 bits per heavy atom. The van der Waals surface area contributed by atoms with Gasteiger partial charge in [-0.15, -0.1) is 0 Å². The van der Waals surface area contributed by atoms with Gasteiger partial charge in [0.1, 0.15) is 31.0 Å². The lowest BCUT2D eigenvalue weighted by molar-refractivity contribution is -0.283. The summed E-state index contributed by atoms with van der Waals surface area (Å²) in [4.78, 5) is 150. The molecule has 0 spiro atoms. The molecule has 10 atom stereocenters. The predicted octanol–water partition coefficient (Wildman–Crippen LogP) is 3.69. The fraction of sp³-hybridized carbons (Fsp3) is 0.146. The van der Waals surface area contributed by atoms with E-state index in [1.807, 2.05) is 0 Å². The molecule has 16 rings (SSSR count). The van der Waals surface area contributed by atoms with Crippen LogP contribution in [0.4, 0.5) is 0 Å². The minimum absolute atomic E-state index is 0.111. The van der Waals surface area contributed by atoms with Gasteiger partial charge in [0.25, 0.3) is 0 Å². The van der Waals surface area contributed by atoms with E-state index in [0.717, 1.165) is 0 Å². The van der Waals surface area contributed by atoms with Crippen molar-refractivity contribution in [2.24, 2.45) is 0 Å². The van der Waals surface area contributed by atoms with Gasteiger partial charge < -0.3 is 210 Å². The molecule has 2 saturated heterocycles. The van der Waals surface area contributed by atoms with Gasteiger partial charge in [0, 0.05) is 50.6 Å². The van der Waals surface area contributed by atoms with Crippen molar-refractivity contribution in [2.75, 3.05) is 13.2 Å². The zero-order valence-corrected chi connectivity index (χ0v) is 65.4. The van der Waals surface area contributed by atoms with Crippen molar-refractivity contribution in [3.05, 3.63) is 122 Å². The highest BCUT2D eigenvalue weighted by Crippen LogP contribution is 2.61. The number of ether oxygens (including phenoxy) is 13. The predicted molar refractivity (Wildman–Crippen MR) is 413 cm³/mol. The third-order valence-electron chi connectivity index (χ3n) is 21.6. The van der Waals surface area contributed by atoms with Gasteiger partial charge in [-0.1, -0.05) is 0 Å². The number of benzene rings is 10. The molecule has 0 aliphatic carbocycles. The van der Waals surface area contributed by atoms with Gasteiger partial charge in [-0.25, -0.2) is 47.9 Å². The monoisotopic (exact) mass is 1870 g/mol. The molecule has 134 heavy (non-hydrogen) atoms. The van der Waals surface area contributed by atoms with Gasteiger partial charge >= 0.3 is 59.7 Å². The molecule has 6 heterocycles. The van der Waals surface area contributed by atoms with Crippen molar-refractivity contribution in [1.82, 2.24) is 0 Å². The summed E-state index contributed by atoms with van der Waals surface area (Å²) in [5.41, 5.74) is -23.2. The van der Waals surface area contributed by atoms with Crippen LogP contribution in [0.2, 0.25) is 0 Å². The van der Waals surface area contributed by atoms with Crippen molar-refractivity contribution in [2.45, 2.75) is 61.4 Å². The molecular weight excluding hydrogens is 1820 g/mol. The number of hydrogen-bond acceptors (Lipinski definition) is 52. The van der Waals surface area contributed by atoms with E-state index in [4.69, 9.17) is 61.6 Å². The number of rotatable bonds is 6. The van der Waals surface area contributed by atoms with Crippen molar-refractivity contribution in [3.8, 4) is 223 Å². The summed E-state index contributed by atoms with van der Waals surface area (Å²) < 4.78 is 74.7. The number of carbonyl (C=O) groups excluding carboxylic acids is 10. The van der Waals surface area contributed by atoms with Crippen molar-refractivity contribution in [1.29, 1.82) is 0 Å². The van der Waals surface area contributed by atoms with Crippen LogP contribution in [-0.4, -0.2) is 282 Å². The fourth-order valence-electron chi connectivity index (χ4n) is 15.2. The standard InChI is InChI=1S/C82H54O52/c83-24-1-14(71(112)133-81-69-67(129-76(117)19-7-29(88)50(98)59(107)41(19)43-21(78(119)131-69)9-31(90)52(100)61(43)109)65-35(125-81)12-122-72(113)15-3-25(84)46(94)55(103)37(15)39-17(74(115)127-65)5-27(86)48(96)57(39)105)2-34(45(24)93)124-64-23(11-33(92)54(102)63(64)111)80(121)134-82-70-68(130-77(118)20-8-30(89)51(99)60(108)42(20)44-22(79(120)132-70)10-32(91)53(101)62(44)110)66-36(126-82)13-123-73(114)16-4-26(85)47(95)56(104)38(16)40-18(75(116)128-66)6-28(87)49(97)58(40)106/h1-11,35-36,65-70,81-111H,12-13H2/t35-,36-,65?,66?,67+,68+,69?,70?,81-,82-/m1/s1. The number of phenols is 29. The van der Waals surface area contributed by atoms with E-state index in [1.165, 1.54) is 0 Å². The van der Waals surface area contributed by atoms with Crippen LogP contribution in [0.1, 0.15) is 104 Å². The summed E-state index contributed by atoms with van der Waals surface area (Å²) in [5, 5.41) is 322. The minimum Gasteiger partial charge on any atom is -0.504 e. The molecule has 10 aromatic rings. The lowest BCUT2D eigenvalue weighted by Crippen LogP contribution is -2.63. The highest BCUT2D eigenvalue weighted by molar-refractivity contribution is 6.13. The SMILES string of the molecule is O=C(O[C@H]1O[C@@H]2COC(=O)c3cc(O)c(O)c(O)c3-c3c(cc(O)c(O)c3O)C(=O)OC2[C@@H]2OC(=O)c3cc(O)c(O)c(O)c3-c3c(cc(O)c(O)c3O)C(=O)OC12)c1cc(O)c(O)c(Oc2c(C(=O)O[C@H]3O[C@@H]4COC(=O)c5cc(O)c(O)c(O)c5-c5c(cc(O)c(O)c5O)C(=O)OC4[C@@H]4OC(=O)c5cc(O)c(O)c(O)c5-c5c(cc(O)c(O)c5O)C(=O)OC34)cc(O)c(O)c2O)c1. The van der Waals surface area contributed by atoms with E-state index in [0.29, 0.717) is 12.1 Å². The van der Waals surface area contributed by atoms with Crippen LogP contribution in [0.25, 0.3) is 44.5 Å². The lowest BCUT2D eigenvalue weighted by Gasteiger charge is -2.44. The van der Waals surface area contributed by atoms with Gasteiger partial charge in [-0.05, 0) is 60.7 Å². The van der Waals surface area contributed by atoms with Crippen LogP contribution >= 0.6 is 0 Å². The zero-order valence-electron chi connectivity index (χ0n) is 65.4. The summed E-state index contributed by atoms with van der Waals surface area (Å²) in [6.07, 6.45) is -28.4. The Labute approximate surface area is 734 Å². The van der Waals surface area contributed by atoms with E-state index in [-0.39, 0.29) is 54.6 Å². The van der Waals surface area contributed by atoms with E-state index in [2.05, 4.69) is 0 Å². The third kappa shape index (κ3) is 13.9. The van der Waals surface area contributed by atoms with Crippen LogP contribution in [0.15, 0.2) is 66.7 Å². The van der Waals surface area contributed by atoms with Gasteiger partial charge in [0.15, 0.2) is 139 Å². The highest BCUT2D eigenvalue weighted by atomic mass is 16.8. The van der Waals surface area contributed by atoms with E-state index >= 15 is 38.4 Å². The molecule has 52 nitrogen and oxygen atoms in total. The molecule has 0 radical (unpaired) electrons. The Bertz CT molecular complexity index is 6980. The molecule has 6 aliphatic heterocycles. The van der Waals surface area contributed by atoms with Crippen molar-refractivity contribution < 1.29 is 258 Å². The average Bonchev–Trinajstić information content (AvgIpc) is 1.19.